The minimum absolute atomic E-state index is 0.237. The minimum Gasteiger partial charge on any atom is -0.355 e. The number of hydrogen-bond donors (Lipinski definition) is 3. The van der Waals surface area contributed by atoms with Crippen molar-refractivity contribution in [1.82, 2.24) is 20.3 Å². The molecule has 8 heteroatoms. The van der Waals surface area contributed by atoms with E-state index in [0.29, 0.717) is 12.3 Å². The number of piperidine rings is 2. The highest BCUT2D eigenvalue weighted by Crippen LogP contribution is 2.41. The van der Waals surface area contributed by atoms with E-state index in [2.05, 4.69) is 20.7 Å². The van der Waals surface area contributed by atoms with E-state index >= 15 is 0 Å². The van der Waals surface area contributed by atoms with E-state index in [1.54, 1.807) is 6.92 Å². The first-order valence-corrected chi connectivity index (χ1v) is 12.4. The lowest BCUT2D eigenvalue weighted by molar-refractivity contribution is -0.148. The molecule has 2 saturated heterocycles. The molecule has 0 aliphatic carbocycles. The summed E-state index contributed by atoms with van der Waals surface area (Å²) in [5, 5.41) is 8.26. The Morgan fingerprint density at radius 3 is 2.49 bits per heavy atom. The number of likely N-dealkylation sites (tertiary alicyclic amines) is 1. The second-order valence-electron chi connectivity index (χ2n) is 9.71. The van der Waals surface area contributed by atoms with Crippen LogP contribution in [0.1, 0.15) is 32.6 Å². The lowest BCUT2D eigenvalue weighted by Crippen LogP contribution is -2.57. The van der Waals surface area contributed by atoms with Gasteiger partial charge in [0.2, 0.25) is 5.91 Å². The van der Waals surface area contributed by atoms with Crippen molar-refractivity contribution in [3.63, 3.8) is 0 Å². The summed E-state index contributed by atoms with van der Waals surface area (Å²) < 4.78 is 0. The maximum absolute atomic E-state index is 13.7. The number of para-hydroxylation sites is 3. The number of benzene rings is 2. The molecule has 0 saturated carbocycles. The number of hydrazine groups is 1. The van der Waals surface area contributed by atoms with Crippen LogP contribution in [-0.2, 0) is 4.79 Å². The average Bonchev–Trinajstić information content (AvgIpc) is 2.89. The Labute approximate surface area is 206 Å². The van der Waals surface area contributed by atoms with Gasteiger partial charge in [-0.05, 0) is 56.9 Å². The van der Waals surface area contributed by atoms with Crippen LogP contribution in [0.5, 0.6) is 0 Å². The van der Waals surface area contributed by atoms with Crippen LogP contribution in [0.3, 0.4) is 0 Å². The van der Waals surface area contributed by atoms with Gasteiger partial charge in [-0.1, -0.05) is 30.3 Å². The molecule has 1 spiro atoms. The predicted octanol–water partition coefficient (Wildman–Crippen LogP) is 3.86. The summed E-state index contributed by atoms with van der Waals surface area (Å²) >= 11 is 0. The third-order valence-corrected chi connectivity index (χ3v) is 7.39. The summed E-state index contributed by atoms with van der Waals surface area (Å²) in [5.74, 6) is 1.12. The molecule has 2 fully saturated rings. The third-order valence-electron chi connectivity index (χ3n) is 7.39. The quantitative estimate of drug-likeness (QED) is 0.358. The Bertz CT molecular complexity index is 1190. The molecule has 1 aromatic heterocycles. The lowest BCUT2D eigenvalue weighted by Gasteiger charge is -2.47. The summed E-state index contributed by atoms with van der Waals surface area (Å²) in [7, 11) is 0. The zero-order valence-corrected chi connectivity index (χ0v) is 20.2. The van der Waals surface area contributed by atoms with Crippen LogP contribution in [0.25, 0.3) is 11.0 Å². The van der Waals surface area contributed by atoms with Gasteiger partial charge in [-0.15, -0.1) is 0 Å². The number of anilines is 2. The summed E-state index contributed by atoms with van der Waals surface area (Å²) in [6, 6.07) is 17.5. The van der Waals surface area contributed by atoms with E-state index < -0.39 is 0 Å². The molecular formula is C27H33N7O. The van der Waals surface area contributed by atoms with E-state index in [1.165, 1.54) is 0 Å². The van der Waals surface area contributed by atoms with Crippen molar-refractivity contribution in [2.45, 2.75) is 38.6 Å². The van der Waals surface area contributed by atoms with Crippen LogP contribution in [0.15, 0.2) is 60.8 Å². The van der Waals surface area contributed by atoms with Gasteiger partial charge < -0.3 is 20.6 Å². The van der Waals surface area contributed by atoms with Crippen molar-refractivity contribution in [1.29, 1.82) is 5.41 Å². The van der Waals surface area contributed by atoms with Crippen LogP contribution in [0.2, 0.25) is 0 Å². The molecular weight excluding hydrogens is 438 g/mol. The normalized spacial score (nSPS) is 18.6. The second-order valence-corrected chi connectivity index (χ2v) is 9.71. The zero-order chi connectivity index (χ0) is 24.3. The molecule has 3 heterocycles. The molecule has 2 aliphatic heterocycles. The Kier molecular flexibility index (Phi) is 6.63. The van der Waals surface area contributed by atoms with E-state index in [4.69, 9.17) is 10.4 Å². The van der Waals surface area contributed by atoms with Crippen LogP contribution in [0.4, 0.5) is 11.5 Å². The smallest absolute Gasteiger partial charge is 0.228 e. The molecule has 0 bridgehead atoms. The molecule has 1 atom stereocenters. The monoisotopic (exact) mass is 471 g/mol. The maximum Gasteiger partial charge on any atom is 0.228 e. The minimum atomic E-state index is -0.313. The zero-order valence-electron chi connectivity index (χ0n) is 20.2. The van der Waals surface area contributed by atoms with Gasteiger partial charge >= 0.3 is 0 Å². The van der Waals surface area contributed by atoms with Crippen LogP contribution < -0.4 is 15.8 Å². The molecule has 2 aliphatic rings. The van der Waals surface area contributed by atoms with Crippen molar-refractivity contribution in [2.75, 3.05) is 36.5 Å². The maximum atomic E-state index is 13.7. The topological polar surface area (TPSA) is 97.2 Å². The van der Waals surface area contributed by atoms with Gasteiger partial charge in [-0.2, -0.15) is 0 Å². The molecule has 5 rings (SSSR count). The largest absolute Gasteiger partial charge is 0.355 e. The Morgan fingerprint density at radius 1 is 1.03 bits per heavy atom. The lowest BCUT2D eigenvalue weighted by atomic mass is 9.71. The number of carbonyl (C=O) groups is 1. The molecule has 182 valence electrons. The molecule has 0 radical (unpaired) electrons. The van der Waals surface area contributed by atoms with Gasteiger partial charge in [-0.25, -0.2) is 10.4 Å². The van der Waals surface area contributed by atoms with E-state index in [0.717, 1.165) is 67.9 Å². The third kappa shape index (κ3) is 4.98. The fourth-order valence-electron chi connectivity index (χ4n) is 5.26. The Hall–Kier alpha value is -3.52. The van der Waals surface area contributed by atoms with Gasteiger partial charge in [0.15, 0.2) is 0 Å². The van der Waals surface area contributed by atoms with E-state index in [1.807, 2.05) is 65.7 Å². The number of amides is 1. The van der Waals surface area contributed by atoms with Crippen molar-refractivity contribution in [2.24, 2.45) is 5.41 Å². The summed E-state index contributed by atoms with van der Waals surface area (Å²) in [5.41, 5.74) is 9.36. The second kappa shape index (κ2) is 10.00. The SMILES string of the molecule is CC(=N)C(CN1CCCC2(CCN(c3cnc4ccccc4n3)CC2)C1=O)NNc1ccccc1. The van der Waals surface area contributed by atoms with Gasteiger partial charge in [0.1, 0.15) is 5.82 Å². The number of carbonyl (C=O) groups excluding carboxylic acids is 1. The number of nitrogens with one attached hydrogen (secondary N) is 3. The van der Waals surface area contributed by atoms with Crippen molar-refractivity contribution >= 4 is 34.2 Å². The first kappa shape index (κ1) is 23.2. The van der Waals surface area contributed by atoms with E-state index in [9.17, 15) is 4.79 Å². The molecule has 1 amide bonds. The number of rotatable bonds is 7. The highest BCUT2D eigenvalue weighted by atomic mass is 16.2. The number of fused-ring (bicyclic) bond motifs is 1. The molecule has 8 nitrogen and oxygen atoms in total. The molecule has 2 aromatic carbocycles. The summed E-state index contributed by atoms with van der Waals surface area (Å²) in [4.78, 5) is 27.3. The fourth-order valence-corrected chi connectivity index (χ4v) is 5.26. The Balaban J connectivity index is 1.23. The van der Waals surface area contributed by atoms with Gasteiger partial charge in [0.05, 0.1) is 28.7 Å². The van der Waals surface area contributed by atoms with Crippen LogP contribution in [-0.4, -0.2) is 58.7 Å². The summed E-state index contributed by atoms with van der Waals surface area (Å²) in [6.45, 7) is 4.63. The fraction of sp³-hybridized carbons (Fsp3) is 0.407. The van der Waals surface area contributed by atoms with Gasteiger partial charge in [0.25, 0.3) is 0 Å². The first-order chi connectivity index (χ1) is 17.0. The van der Waals surface area contributed by atoms with Crippen molar-refractivity contribution in [3.05, 3.63) is 60.8 Å². The van der Waals surface area contributed by atoms with Crippen molar-refractivity contribution < 1.29 is 4.79 Å². The predicted molar refractivity (Wildman–Crippen MR) is 140 cm³/mol. The number of aromatic nitrogens is 2. The van der Waals surface area contributed by atoms with E-state index in [-0.39, 0.29) is 17.4 Å². The molecule has 35 heavy (non-hydrogen) atoms. The molecule has 1 unspecified atom stereocenters. The Morgan fingerprint density at radius 2 is 1.74 bits per heavy atom. The van der Waals surface area contributed by atoms with Crippen LogP contribution in [0, 0.1) is 10.8 Å². The first-order valence-electron chi connectivity index (χ1n) is 12.4. The van der Waals surface area contributed by atoms with Gasteiger partial charge in [0, 0.05) is 37.6 Å². The van der Waals surface area contributed by atoms with Crippen LogP contribution >= 0.6 is 0 Å². The number of hydrogen-bond acceptors (Lipinski definition) is 7. The summed E-state index contributed by atoms with van der Waals surface area (Å²) in [6.07, 6.45) is 5.42. The number of nitrogens with zero attached hydrogens (tertiary/aromatic N) is 4. The average molecular weight is 472 g/mol. The van der Waals surface area contributed by atoms with Crippen molar-refractivity contribution in [3.8, 4) is 0 Å². The highest BCUT2D eigenvalue weighted by molar-refractivity contribution is 5.87. The highest BCUT2D eigenvalue weighted by Gasteiger charge is 2.46. The standard InChI is InChI=1S/C27H33N7O/c1-20(28)24(32-31-21-8-3-2-4-9-21)19-34-15-7-12-27(26(34)35)13-16-33(17-14-27)25-18-29-22-10-5-6-11-23(22)30-25/h2-6,8-11,18,24,28,31-32H,7,12-17,19H2,1H3. The molecule has 3 N–H and O–H groups in total. The van der Waals surface area contributed by atoms with Gasteiger partial charge in [-0.3, -0.25) is 9.78 Å². The molecule has 3 aromatic rings.